The van der Waals surface area contributed by atoms with Crippen LogP contribution in [0.25, 0.3) is 23.0 Å². The second-order valence-electron chi connectivity index (χ2n) is 5.89. The van der Waals surface area contributed by atoms with Crippen molar-refractivity contribution >= 4 is 17.2 Å². The summed E-state index contributed by atoms with van der Waals surface area (Å²) < 4.78 is 24.9. The summed E-state index contributed by atoms with van der Waals surface area (Å²) in [5.74, 6) is 0.520. The smallest absolute Gasteiger partial charge is 0.280 e. The van der Waals surface area contributed by atoms with Crippen LogP contribution in [0.2, 0.25) is 0 Å². The van der Waals surface area contributed by atoms with Crippen LogP contribution in [0, 0.1) is 5.82 Å². The van der Waals surface area contributed by atoms with Crippen molar-refractivity contribution in [2.24, 2.45) is 0 Å². The Morgan fingerprint density at radius 3 is 2.93 bits per heavy atom. The molecule has 148 valence electrons. The van der Waals surface area contributed by atoms with Crippen LogP contribution in [0.1, 0.15) is 0 Å². The average molecular weight is 414 g/mol. The second kappa shape index (κ2) is 8.61. The van der Waals surface area contributed by atoms with Crippen LogP contribution in [0.5, 0.6) is 5.75 Å². The number of nitrogens with zero attached hydrogens (tertiary/aromatic N) is 5. The van der Waals surface area contributed by atoms with E-state index in [0.717, 1.165) is 5.56 Å². The maximum atomic E-state index is 12.8. The highest BCUT2D eigenvalue weighted by Gasteiger charge is 2.14. The summed E-state index contributed by atoms with van der Waals surface area (Å²) >= 11 is 1.55. The molecule has 0 saturated carbocycles. The molecule has 1 N–H and O–H groups in total. The fourth-order valence-corrected chi connectivity index (χ4v) is 3.02. The Morgan fingerprint density at radius 1 is 1.28 bits per heavy atom. The number of thiophene rings is 1. The van der Waals surface area contributed by atoms with Gasteiger partial charge in [-0.3, -0.25) is 4.79 Å². The van der Waals surface area contributed by atoms with Gasteiger partial charge in [0.25, 0.3) is 11.8 Å². The monoisotopic (exact) mass is 414 g/mol. The number of rotatable bonds is 8. The first-order valence-electron chi connectivity index (χ1n) is 8.59. The van der Waals surface area contributed by atoms with E-state index < -0.39 is 0 Å². The predicted octanol–water partition coefficient (Wildman–Crippen LogP) is 2.39. The molecule has 0 aliphatic rings. The molecule has 0 aliphatic carbocycles. The SMILES string of the molecule is O=C(COc1ccc(F)cc1)NCCn1cc(-c2nc(-c3ccsc3)no2)nn1. The number of amides is 1. The molecular weight excluding hydrogens is 399 g/mol. The van der Waals surface area contributed by atoms with Crippen LogP contribution in [-0.2, 0) is 11.3 Å². The maximum absolute atomic E-state index is 12.8. The molecule has 0 bridgehead atoms. The minimum absolute atomic E-state index is 0.165. The Morgan fingerprint density at radius 2 is 2.14 bits per heavy atom. The number of nitrogens with one attached hydrogen (secondary N) is 1. The van der Waals surface area contributed by atoms with Crippen molar-refractivity contribution in [3.05, 3.63) is 53.1 Å². The van der Waals surface area contributed by atoms with Crippen molar-refractivity contribution < 1.29 is 18.4 Å². The molecule has 0 atom stereocenters. The third-order valence-corrected chi connectivity index (χ3v) is 4.49. The molecule has 29 heavy (non-hydrogen) atoms. The molecule has 11 heteroatoms. The molecule has 1 amide bonds. The van der Waals surface area contributed by atoms with E-state index in [0.29, 0.717) is 30.4 Å². The van der Waals surface area contributed by atoms with E-state index in [1.807, 2.05) is 16.8 Å². The van der Waals surface area contributed by atoms with Crippen LogP contribution in [0.3, 0.4) is 0 Å². The summed E-state index contributed by atoms with van der Waals surface area (Å²) in [5.41, 5.74) is 1.33. The van der Waals surface area contributed by atoms with Crippen LogP contribution < -0.4 is 10.1 Å². The molecule has 4 aromatic rings. The van der Waals surface area contributed by atoms with E-state index in [4.69, 9.17) is 9.26 Å². The molecule has 0 unspecified atom stereocenters. The third-order valence-electron chi connectivity index (χ3n) is 3.81. The zero-order valence-corrected chi connectivity index (χ0v) is 15.8. The van der Waals surface area contributed by atoms with Gasteiger partial charge < -0.3 is 14.6 Å². The number of aromatic nitrogens is 5. The van der Waals surface area contributed by atoms with Crippen molar-refractivity contribution in [2.75, 3.05) is 13.2 Å². The molecule has 0 aliphatic heterocycles. The number of benzene rings is 1. The number of halogens is 1. The van der Waals surface area contributed by atoms with E-state index in [1.165, 1.54) is 24.3 Å². The highest BCUT2D eigenvalue weighted by molar-refractivity contribution is 7.08. The molecule has 4 rings (SSSR count). The number of carbonyl (C=O) groups excluding carboxylic acids is 1. The fraction of sp³-hybridized carbons (Fsp3) is 0.167. The first kappa shape index (κ1) is 18.7. The van der Waals surface area contributed by atoms with Gasteiger partial charge in [-0.05, 0) is 35.7 Å². The molecule has 3 heterocycles. The lowest BCUT2D eigenvalue weighted by atomic mass is 10.3. The number of hydrogen-bond acceptors (Lipinski definition) is 8. The zero-order valence-electron chi connectivity index (χ0n) is 15.0. The minimum Gasteiger partial charge on any atom is -0.484 e. The summed E-state index contributed by atoms with van der Waals surface area (Å²) in [6, 6.07) is 7.35. The Balaban J connectivity index is 1.24. The van der Waals surface area contributed by atoms with Gasteiger partial charge in [0.1, 0.15) is 11.6 Å². The summed E-state index contributed by atoms with van der Waals surface area (Å²) in [7, 11) is 0. The number of ether oxygens (including phenoxy) is 1. The predicted molar refractivity (Wildman–Crippen MR) is 102 cm³/mol. The Labute approximate surface area is 168 Å². The van der Waals surface area contributed by atoms with E-state index >= 15 is 0 Å². The molecule has 0 saturated heterocycles. The number of hydrogen-bond donors (Lipinski definition) is 1. The molecule has 0 radical (unpaired) electrons. The molecule has 3 aromatic heterocycles. The summed E-state index contributed by atoms with van der Waals surface area (Å²) in [6.45, 7) is 0.570. The average Bonchev–Trinajstić information content (AvgIpc) is 3.47. The topological polar surface area (TPSA) is 108 Å². The van der Waals surface area contributed by atoms with E-state index in [9.17, 15) is 9.18 Å². The normalized spacial score (nSPS) is 10.8. The maximum Gasteiger partial charge on any atom is 0.280 e. The lowest BCUT2D eigenvalue weighted by molar-refractivity contribution is -0.123. The zero-order chi connectivity index (χ0) is 20.1. The Hall–Kier alpha value is -3.60. The van der Waals surface area contributed by atoms with Crippen molar-refractivity contribution in [3.63, 3.8) is 0 Å². The van der Waals surface area contributed by atoms with Crippen molar-refractivity contribution in [2.45, 2.75) is 6.54 Å². The van der Waals surface area contributed by atoms with Gasteiger partial charge in [-0.25, -0.2) is 9.07 Å². The van der Waals surface area contributed by atoms with Crippen LogP contribution >= 0.6 is 11.3 Å². The van der Waals surface area contributed by atoms with Crippen LogP contribution in [-0.4, -0.2) is 44.2 Å². The molecular formula is C18H15FN6O3S. The first-order valence-corrected chi connectivity index (χ1v) is 9.53. The standard InChI is InChI=1S/C18H15FN6O3S/c19-13-1-3-14(4-2-13)27-10-16(26)20-6-7-25-9-15(22-24-25)18-21-17(23-28-18)12-5-8-29-11-12/h1-5,8-9,11H,6-7,10H2,(H,20,26). The quantitative estimate of drug-likeness (QED) is 0.472. The van der Waals surface area contributed by atoms with Crippen molar-refractivity contribution in [1.29, 1.82) is 0 Å². The molecule has 0 fully saturated rings. The van der Waals surface area contributed by atoms with Gasteiger partial charge in [-0.15, -0.1) is 5.10 Å². The van der Waals surface area contributed by atoms with E-state index in [2.05, 4.69) is 25.8 Å². The van der Waals surface area contributed by atoms with Crippen molar-refractivity contribution in [1.82, 2.24) is 30.5 Å². The number of carbonyl (C=O) groups is 1. The lowest BCUT2D eigenvalue weighted by Gasteiger charge is -2.07. The fourth-order valence-electron chi connectivity index (χ4n) is 2.38. The van der Waals surface area contributed by atoms with Gasteiger partial charge in [-0.1, -0.05) is 10.4 Å². The van der Waals surface area contributed by atoms with Gasteiger partial charge in [-0.2, -0.15) is 16.3 Å². The molecule has 1 aromatic carbocycles. The molecule has 0 spiro atoms. The van der Waals surface area contributed by atoms with Gasteiger partial charge >= 0.3 is 0 Å². The van der Waals surface area contributed by atoms with Gasteiger partial charge in [0.2, 0.25) is 5.82 Å². The lowest BCUT2D eigenvalue weighted by Crippen LogP contribution is -2.31. The summed E-state index contributed by atoms with van der Waals surface area (Å²) in [5, 5.41) is 18.5. The second-order valence-corrected chi connectivity index (χ2v) is 6.67. The molecule has 9 nitrogen and oxygen atoms in total. The van der Waals surface area contributed by atoms with Gasteiger partial charge in [0, 0.05) is 17.5 Å². The Kier molecular flexibility index (Phi) is 5.56. The minimum atomic E-state index is -0.364. The van der Waals surface area contributed by atoms with Gasteiger partial charge in [0.15, 0.2) is 12.3 Å². The van der Waals surface area contributed by atoms with E-state index in [-0.39, 0.29) is 24.2 Å². The third kappa shape index (κ3) is 4.82. The van der Waals surface area contributed by atoms with Crippen LogP contribution in [0.4, 0.5) is 4.39 Å². The van der Waals surface area contributed by atoms with Crippen molar-refractivity contribution in [3.8, 4) is 28.7 Å². The summed E-state index contributed by atoms with van der Waals surface area (Å²) in [6.07, 6.45) is 1.66. The largest absolute Gasteiger partial charge is 0.484 e. The summed E-state index contributed by atoms with van der Waals surface area (Å²) in [4.78, 5) is 16.1. The Bertz CT molecular complexity index is 1080. The van der Waals surface area contributed by atoms with Gasteiger partial charge in [0.05, 0.1) is 12.7 Å². The highest BCUT2D eigenvalue weighted by Crippen LogP contribution is 2.22. The van der Waals surface area contributed by atoms with Crippen LogP contribution in [0.15, 0.2) is 51.8 Å². The first-order chi connectivity index (χ1) is 14.2. The van der Waals surface area contributed by atoms with E-state index in [1.54, 1.807) is 22.2 Å². The highest BCUT2D eigenvalue weighted by atomic mass is 32.1.